The molecular weight excluding hydrogens is 581 g/mol. The molecule has 4 aromatic heterocycles. The van der Waals surface area contributed by atoms with Crippen LogP contribution < -0.4 is 25.8 Å². The maximum absolute atomic E-state index is 14.3. The third kappa shape index (κ3) is 5.78. The summed E-state index contributed by atoms with van der Waals surface area (Å²) in [4.78, 5) is 32.1. The second-order valence-corrected chi connectivity index (χ2v) is 12.4. The van der Waals surface area contributed by atoms with Crippen molar-refractivity contribution in [2.75, 3.05) is 37.5 Å². The van der Waals surface area contributed by atoms with Crippen LogP contribution in [0.3, 0.4) is 0 Å². The lowest BCUT2D eigenvalue weighted by molar-refractivity contribution is 0.156. The van der Waals surface area contributed by atoms with E-state index in [0.29, 0.717) is 29.8 Å². The Morgan fingerprint density at radius 2 is 1.96 bits per heavy atom. The average molecular weight is 616 g/mol. The summed E-state index contributed by atoms with van der Waals surface area (Å²) in [6.07, 6.45) is 9.32. The third-order valence-electron chi connectivity index (χ3n) is 8.84. The summed E-state index contributed by atoms with van der Waals surface area (Å²) in [7, 11) is 10.1. The smallest absolute Gasteiger partial charge is 0.213 e. The fraction of sp³-hybridized carbons (Fsp3) is 0.294. The van der Waals surface area contributed by atoms with E-state index in [1.165, 1.54) is 0 Å². The van der Waals surface area contributed by atoms with Crippen molar-refractivity contribution in [3.05, 3.63) is 94.7 Å². The molecule has 1 unspecified atom stereocenters. The van der Waals surface area contributed by atoms with Gasteiger partial charge in [-0.3, -0.25) is 14.7 Å². The maximum atomic E-state index is 14.3. The number of hydrogen-bond donors (Lipinski definition) is 1. The summed E-state index contributed by atoms with van der Waals surface area (Å²) >= 11 is 1.73. The first kappa shape index (κ1) is 29.4. The molecule has 11 heteroatoms. The molecule has 1 N–H and O–H groups in total. The molecule has 0 amide bonds. The zero-order valence-corrected chi connectivity index (χ0v) is 26.3. The van der Waals surface area contributed by atoms with Crippen molar-refractivity contribution in [3.63, 3.8) is 0 Å². The predicted molar refractivity (Wildman–Crippen MR) is 182 cm³/mol. The predicted octanol–water partition coefficient (Wildman–Crippen LogP) is 4.43. The summed E-state index contributed by atoms with van der Waals surface area (Å²) in [6.45, 7) is 3.01. The van der Waals surface area contributed by atoms with E-state index in [9.17, 15) is 4.79 Å². The van der Waals surface area contributed by atoms with Gasteiger partial charge in [-0.2, -0.15) is 0 Å². The van der Waals surface area contributed by atoms with Gasteiger partial charge in [0.05, 0.1) is 35.4 Å². The maximum Gasteiger partial charge on any atom is 0.213 e. The van der Waals surface area contributed by atoms with Gasteiger partial charge in [-0.15, -0.1) is 0 Å². The van der Waals surface area contributed by atoms with Crippen molar-refractivity contribution >= 4 is 47.5 Å². The van der Waals surface area contributed by atoms with Gasteiger partial charge in [0.1, 0.15) is 13.7 Å². The average Bonchev–Trinajstić information content (AvgIpc) is 3.07. The number of hydrogen-bond acceptors (Lipinski definition) is 9. The molecule has 9 nitrogen and oxygen atoms in total. The number of pyridine rings is 4. The largest absolute Gasteiger partial charge is 0.481 e. The van der Waals surface area contributed by atoms with Gasteiger partial charge in [0.25, 0.3) is 0 Å². The summed E-state index contributed by atoms with van der Waals surface area (Å²) in [6, 6.07) is 16.2. The number of rotatable bonds is 9. The van der Waals surface area contributed by atoms with E-state index < -0.39 is 0 Å². The van der Waals surface area contributed by atoms with Crippen LogP contribution in [0.15, 0.2) is 83.1 Å². The number of nitrogens with zero attached hydrogens (tertiary/aromatic N) is 6. The quantitative estimate of drug-likeness (QED) is 0.242. The van der Waals surface area contributed by atoms with Crippen molar-refractivity contribution in [3.8, 4) is 17.0 Å². The number of ether oxygens (including phenoxy) is 1. The lowest BCUT2D eigenvalue weighted by atomic mass is 9.85. The number of fused-ring (bicyclic) bond motifs is 3. The fourth-order valence-corrected chi connectivity index (χ4v) is 7.39. The van der Waals surface area contributed by atoms with Crippen LogP contribution in [0.2, 0.25) is 0 Å². The Kier molecular flexibility index (Phi) is 8.20. The van der Waals surface area contributed by atoms with Crippen LogP contribution in [-0.4, -0.2) is 65.6 Å². The van der Waals surface area contributed by atoms with Crippen LogP contribution in [0, 0.1) is 0 Å². The molecule has 0 spiro atoms. The zero-order chi connectivity index (χ0) is 30.9. The first-order valence-corrected chi connectivity index (χ1v) is 16.1. The first-order chi connectivity index (χ1) is 22.0. The highest BCUT2D eigenvalue weighted by atomic mass is 32.2. The molecule has 1 atom stereocenters. The molecule has 226 valence electrons. The van der Waals surface area contributed by atoms with E-state index in [1.54, 1.807) is 37.5 Å². The van der Waals surface area contributed by atoms with E-state index in [-0.39, 0.29) is 11.5 Å². The van der Waals surface area contributed by atoms with Gasteiger partial charge in [0.2, 0.25) is 5.88 Å². The van der Waals surface area contributed by atoms with Gasteiger partial charge >= 0.3 is 0 Å². The number of methoxy groups -OCH3 is 1. The van der Waals surface area contributed by atoms with Crippen LogP contribution in [0.4, 0.5) is 11.5 Å². The standard InChI is InChI=1S/C34H34BN7O2S/c1-36-31-6-5-24(17-39-31)40-13-3-4-25(19-40)41(18-22-7-12-38-32(14-22)44-2)20-28-33(43)27-15-29(35)26(23-8-10-37-11-9-23)16-30(27)42-21-45-34(28)42/h5-12,14-17,25H,3-4,13,18-21H2,1-2H3,(H,36,39). The number of benzene rings is 1. The Balaban J connectivity index is 1.26. The summed E-state index contributed by atoms with van der Waals surface area (Å²) in [5.74, 6) is 2.23. The van der Waals surface area contributed by atoms with Crippen molar-refractivity contribution < 1.29 is 4.74 Å². The van der Waals surface area contributed by atoms with E-state index >= 15 is 0 Å². The molecule has 0 aliphatic carbocycles. The van der Waals surface area contributed by atoms with E-state index in [2.05, 4.69) is 46.8 Å². The molecule has 2 radical (unpaired) electrons. The van der Waals surface area contributed by atoms with Crippen LogP contribution in [0.5, 0.6) is 5.88 Å². The number of aromatic nitrogens is 4. The fourth-order valence-electron chi connectivity index (χ4n) is 6.43. The molecule has 1 fully saturated rings. The number of piperidine rings is 1. The summed E-state index contributed by atoms with van der Waals surface area (Å²) in [5, 5.41) is 4.80. The van der Waals surface area contributed by atoms with Crippen LogP contribution >= 0.6 is 11.8 Å². The monoisotopic (exact) mass is 615 g/mol. The van der Waals surface area contributed by atoms with Crippen molar-refractivity contribution in [1.82, 2.24) is 24.4 Å². The van der Waals surface area contributed by atoms with Crippen LogP contribution in [0.1, 0.15) is 24.0 Å². The highest BCUT2D eigenvalue weighted by Gasteiger charge is 2.30. The Bertz CT molecular complexity index is 1900. The number of thioether (sulfide) groups is 1. The summed E-state index contributed by atoms with van der Waals surface area (Å²) in [5.41, 5.74) is 6.49. The van der Waals surface area contributed by atoms with Gasteiger partial charge in [0.15, 0.2) is 5.43 Å². The van der Waals surface area contributed by atoms with Crippen molar-refractivity contribution in [2.24, 2.45) is 0 Å². The van der Waals surface area contributed by atoms with E-state index in [1.807, 2.05) is 49.6 Å². The molecule has 0 bridgehead atoms. The van der Waals surface area contributed by atoms with Gasteiger partial charge in [0, 0.05) is 74.9 Å². The molecule has 6 heterocycles. The molecule has 45 heavy (non-hydrogen) atoms. The minimum absolute atomic E-state index is 0.0493. The molecule has 2 aliphatic heterocycles. The SMILES string of the molecule is [B]c1cc2c(=O)c(CN(Cc3ccnc(OC)c3)C3CCCN(c4ccc(NC)nc4)C3)c3n(c2cc1-c1ccncc1)CS3. The lowest BCUT2D eigenvalue weighted by Crippen LogP contribution is -2.48. The van der Waals surface area contributed by atoms with Gasteiger partial charge in [-0.1, -0.05) is 23.3 Å². The Morgan fingerprint density at radius 3 is 2.69 bits per heavy atom. The van der Waals surface area contributed by atoms with Gasteiger partial charge in [-0.05, 0) is 65.9 Å². The minimum Gasteiger partial charge on any atom is -0.481 e. The van der Waals surface area contributed by atoms with Crippen molar-refractivity contribution in [1.29, 1.82) is 0 Å². The van der Waals surface area contributed by atoms with Crippen LogP contribution in [0.25, 0.3) is 22.0 Å². The second kappa shape index (κ2) is 12.6. The minimum atomic E-state index is 0.0493. The molecule has 7 rings (SSSR count). The van der Waals surface area contributed by atoms with E-state index in [0.717, 1.165) is 76.1 Å². The van der Waals surface area contributed by atoms with Gasteiger partial charge in [-0.25, -0.2) is 9.97 Å². The number of nitrogens with one attached hydrogen (secondary N) is 1. The van der Waals surface area contributed by atoms with E-state index in [4.69, 9.17) is 12.6 Å². The van der Waals surface area contributed by atoms with Crippen LogP contribution in [-0.2, 0) is 19.0 Å². The second-order valence-electron chi connectivity index (χ2n) is 11.5. The molecule has 2 aliphatic rings. The first-order valence-electron chi connectivity index (χ1n) is 15.2. The molecular formula is C34H34BN7O2S. The lowest BCUT2D eigenvalue weighted by Gasteiger charge is -2.41. The molecule has 1 aromatic carbocycles. The highest BCUT2D eigenvalue weighted by Crippen LogP contribution is 2.38. The van der Waals surface area contributed by atoms with Crippen molar-refractivity contribution in [2.45, 2.75) is 42.9 Å². The summed E-state index contributed by atoms with van der Waals surface area (Å²) < 4.78 is 7.70. The zero-order valence-electron chi connectivity index (χ0n) is 25.4. The number of anilines is 2. The molecule has 0 saturated carbocycles. The normalized spacial score (nSPS) is 16.0. The Morgan fingerprint density at radius 1 is 1.09 bits per heavy atom. The Labute approximate surface area is 268 Å². The third-order valence-corrected chi connectivity index (χ3v) is 9.97. The topological polar surface area (TPSA) is 88.4 Å². The molecule has 1 saturated heterocycles. The highest BCUT2D eigenvalue weighted by molar-refractivity contribution is 7.99. The molecule has 5 aromatic rings. The Hall–Kier alpha value is -4.35. The van der Waals surface area contributed by atoms with Gasteiger partial charge < -0.3 is 19.5 Å².